The highest BCUT2D eigenvalue weighted by molar-refractivity contribution is 5.77. The monoisotopic (exact) mass is 328 g/mol. The lowest BCUT2D eigenvalue weighted by atomic mass is 10.1. The van der Waals surface area contributed by atoms with Crippen LogP contribution in [0.4, 0.5) is 11.5 Å². The molecule has 0 saturated carbocycles. The minimum Gasteiger partial charge on any atom is -0.368 e. The Hall–Kier alpha value is -2.96. The third-order valence-electron chi connectivity index (χ3n) is 3.37. The average Bonchev–Trinajstić information content (AvgIpc) is 2.58. The lowest BCUT2D eigenvalue weighted by Gasteiger charge is -2.10. The lowest BCUT2D eigenvalue weighted by Crippen LogP contribution is -2.32. The van der Waals surface area contributed by atoms with E-state index in [1.165, 1.54) is 6.07 Å². The molecule has 2 aromatic rings. The summed E-state index contributed by atoms with van der Waals surface area (Å²) in [6.45, 7) is 4.59. The zero-order valence-corrected chi connectivity index (χ0v) is 13.7. The Kier molecular flexibility index (Phi) is 5.83. The van der Waals surface area contributed by atoms with E-state index in [4.69, 9.17) is 0 Å². The van der Waals surface area contributed by atoms with Gasteiger partial charge in [0, 0.05) is 30.6 Å². The van der Waals surface area contributed by atoms with E-state index in [0.717, 1.165) is 0 Å². The molecule has 1 heterocycles. The first-order chi connectivity index (χ1) is 11.5. The molecule has 0 fully saturated rings. The number of nitrogens with zero attached hydrogens (tertiary/aromatic N) is 2. The molecule has 0 aliphatic rings. The first-order valence-electron chi connectivity index (χ1n) is 7.71. The van der Waals surface area contributed by atoms with Crippen molar-refractivity contribution in [1.29, 1.82) is 0 Å². The van der Waals surface area contributed by atoms with Crippen molar-refractivity contribution in [2.45, 2.75) is 13.8 Å². The second-order valence-electron chi connectivity index (χ2n) is 5.56. The summed E-state index contributed by atoms with van der Waals surface area (Å²) in [5.41, 5.74) is 0.956. The van der Waals surface area contributed by atoms with Gasteiger partial charge in [-0.3, -0.25) is 14.9 Å². The molecule has 1 aromatic carbocycles. The van der Waals surface area contributed by atoms with E-state index in [1.807, 2.05) is 32.0 Å². The van der Waals surface area contributed by atoms with E-state index >= 15 is 0 Å². The Bertz CT molecular complexity index is 717. The van der Waals surface area contributed by atoms with Gasteiger partial charge < -0.3 is 10.6 Å². The highest BCUT2D eigenvalue weighted by atomic mass is 16.6. The molecule has 0 radical (unpaired) electrons. The molecule has 2 N–H and O–H groups in total. The average molecular weight is 328 g/mol. The number of rotatable bonds is 7. The van der Waals surface area contributed by atoms with Gasteiger partial charge in [-0.2, -0.15) is 0 Å². The Morgan fingerprint density at radius 1 is 1.17 bits per heavy atom. The summed E-state index contributed by atoms with van der Waals surface area (Å²) in [4.78, 5) is 26.6. The third-order valence-corrected chi connectivity index (χ3v) is 3.37. The molecule has 24 heavy (non-hydrogen) atoms. The lowest BCUT2D eigenvalue weighted by molar-refractivity contribution is -0.384. The number of amides is 1. The molecule has 1 aromatic heterocycles. The van der Waals surface area contributed by atoms with Gasteiger partial charge in [0.05, 0.1) is 4.92 Å². The smallest absolute Gasteiger partial charge is 0.295 e. The zero-order valence-electron chi connectivity index (χ0n) is 13.7. The number of carbonyl (C=O) groups excluding carboxylic acids is 1. The fraction of sp³-hybridized carbons (Fsp3) is 0.294. The highest BCUT2D eigenvalue weighted by Crippen LogP contribution is 2.28. The van der Waals surface area contributed by atoms with E-state index in [0.29, 0.717) is 30.2 Å². The SMILES string of the molecule is CC(C)C(=O)NCCNc1ccc([N+](=O)[O-])c(-c2ccccc2)n1. The maximum Gasteiger partial charge on any atom is 0.295 e. The predicted octanol–water partition coefficient (Wildman–Crippen LogP) is 2.84. The summed E-state index contributed by atoms with van der Waals surface area (Å²) in [6.07, 6.45) is 0. The molecule has 7 nitrogen and oxygen atoms in total. The van der Waals surface area contributed by atoms with Crippen LogP contribution in [0.2, 0.25) is 0 Å². The fourth-order valence-corrected chi connectivity index (χ4v) is 2.09. The number of pyridine rings is 1. The van der Waals surface area contributed by atoms with Crippen molar-refractivity contribution >= 4 is 17.4 Å². The molecular formula is C17H20N4O3. The molecule has 0 aliphatic carbocycles. The number of anilines is 1. The minimum atomic E-state index is -0.442. The van der Waals surface area contributed by atoms with Crippen molar-refractivity contribution in [3.05, 3.63) is 52.6 Å². The van der Waals surface area contributed by atoms with Crippen LogP contribution in [0.3, 0.4) is 0 Å². The van der Waals surface area contributed by atoms with Gasteiger partial charge in [0.15, 0.2) is 5.69 Å². The standard InChI is InChI=1S/C17H20N4O3/c1-12(2)17(22)19-11-10-18-15-9-8-14(21(23)24)16(20-15)13-6-4-3-5-7-13/h3-9,12H,10-11H2,1-2H3,(H,18,20)(H,19,22). The minimum absolute atomic E-state index is 0.0153. The summed E-state index contributed by atoms with van der Waals surface area (Å²) >= 11 is 0. The van der Waals surface area contributed by atoms with Crippen LogP contribution in [0, 0.1) is 16.0 Å². The molecule has 7 heteroatoms. The van der Waals surface area contributed by atoms with Crippen LogP contribution >= 0.6 is 0 Å². The van der Waals surface area contributed by atoms with E-state index in [1.54, 1.807) is 18.2 Å². The summed E-state index contributed by atoms with van der Waals surface area (Å²) in [5, 5.41) is 17.1. The molecule has 126 valence electrons. The Labute approximate surface area is 140 Å². The number of nitrogens with one attached hydrogen (secondary N) is 2. The Balaban J connectivity index is 2.10. The predicted molar refractivity (Wildman–Crippen MR) is 92.7 cm³/mol. The topological polar surface area (TPSA) is 97.2 Å². The first kappa shape index (κ1) is 17.4. The summed E-state index contributed by atoms with van der Waals surface area (Å²) in [6, 6.07) is 12.0. The van der Waals surface area contributed by atoms with E-state index in [-0.39, 0.29) is 17.5 Å². The Morgan fingerprint density at radius 2 is 1.88 bits per heavy atom. The van der Waals surface area contributed by atoms with Crippen molar-refractivity contribution in [2.24, 2.45) is 5.92 Å². The summed E-state index contributed by atoms with van der Waals surface area (Å²) in [7, 11) is 0. The van der Waals surface area contributed by atoms with Crippen molar-refractivity contribution in [3.8, 4) is 11.3 Å². The molecule has 0 saturated heterocycles. The van der Waals surface area contributed by atoms with Crippen LogP contribution in [-0.4, -0.2) is 28.9 Å². The van der Waals surface area contributed by atoms with Crippen molar-refractivity contribution in [2.75, 3.05) is 18.4 Å². The van der Waals surface area contributed by atoms with Gasteiger partial charge >= 0.3 is 0 Å². The number of nitro groups is 1. The maximum absolute atomic E-state index is 11.5. The van der Waals surface area contributed by atoms with Crippen LogP contribution < -0.4 is 10.6 Å². The molecule has 2 rings (SSSR count). The van der Waals surface area contributed by atoms with Crippen molar-refractivity contribution in [3.63, 3.8) is 0 Å². The second-order valence-corrected chi connectivity index (χ2v) is 5.56. The van der Waals surface area contributed by atoms with Crippen LogP contribution in [0.5, 0.6) is 0 Å². The molecule has 0 spiro atoms. The van der Waals surface area contributed by atoms with E-state index < -0.39 is 4.92 Å². The normalized spacial score (nSPS) is 10.5. The number of benzene rings is 1. The molecule has 0 aliphatic heterocycles. The first-order valence-corrected chi connectivity index (χ1v) is 7.71. The van der Waals surface area contributed by atoms with Crippen LogP contribution in [0.25, 0.3) is 11.3 Å². The number of hydrogen-bond donors (Lipinski definition) is 2. The van der Waals surface area contributed by atoms with E-state index in [9.17, 15) is 14.9 Å². The van der Waals surface area contributed by atoms with Gasteiger partial charge in [-0.05, 0) is 6.07 Å². The molecule has 0 unspecified atom stereocenters. The molecular weight excluding hydrogens is 308 g/mol. The van der Waals surface area contributed by atoms with Gasteiger partial charge in [-0.25, -0.2) is 4.98 Å². The highest BCUT2D eigenvalue weighted by Gasteiger charge is 2.17. The molecule has 0 atom stereocenters. The maximum atomic E-state index is 11.5. The van der Waals surface area contributed by atoms with Crippen molar-refractivity contribution < 1.29 is 9.72 Å². The van der Waals surface area contributed by atoms with Gasteiger partial charge in [0.25, 0.3) is 5.69 Å². The quantitative estimate of drug-likeness (QED) is 0.463. The van der Waals surface area contributed by atoms with Gasteiger partial charge in [-0.15, -0.1) is 0 Å². The second kappa shape index (κ2) is 8.05. The fourth-order valence-electron chi connectivity index (χ4n) is 2.09. The molecule has 0 bridgehead atoms. The largest absolute Gasteiger partial charge is 0.368 e. The van der Waals surface area contributed by atoms with Gasteiger partial charge in [0.1, 0.15) is 5.82 Å². The Morgan fingerprint density at radius 3 is 2.50 bits per heavy atom. The van der Waals surface area contributed by atoms with Crippen molar-refractivity contribution in [1.82, 2.24) is 10.3 Å². The molecule has 1 amide bonds. The number of hydrogen-bond acceptors (Lipinski definition) is 5. The number of aromatic nitrogens is 1. The van der Waals surface area contributed by atoms with Gasteiger partial charge in [-0.1, -0.05) is 44.2 Å². The van der Waals surface area contributed by atoms with Crippen LogP contribution in [-0.2, 0) is 4.79 Å². The zero-order chi connectivity index (χ0) is 17.5. The van der Waals surface area contributed by atoms with Crippen LogP contribution in [0.15, 0.2) is 42.5 Å². The van der Waals surface area contributed by atoms with Crippen LogP contribution in [0.1, 0.15) is 13.8 Å². The summed E-state index contributed by atoms with van der Waals surface area (Å²) in [5.74, 6) is 0.448. The summed E-state index contributed by atoms with van der Waals surface area (Å²) < 4.78 is 0. The van der Waals surface area contributed by atoms with Gasteiger partial charge in [0.2, 0.25) is 5.91 Å². The third kappa shape index (κ3) is 4.52. The number of carbonyl (C=O) groups is 1. The van der Waals surface area contributed by atoms with E-state index in [2.05, 4.69) is 15.6 Å².